The van der Waals surface area contributed by atoms with Crippen molar-refractivity contribution in [2.45, 2.75) is 51.6 Å². The average Bonchev–Trinajstić information content (AvgIpc) is 3.29. The molecule has 1 aliphatic carbocycles. The Kier molecular flexibility index (Phi) is 5.63. The van der Waals surface area contributed by atoms with Crippen LogP contribution in [0.2, 0.25) is 0 Å². The van der Waals surface area contributed by atoms with Crippen molar-refractivity contribution in [3.05, 3.63) is 23.8 Å². The number of ketones is 1. The first-order valence-corrected chi connectivity index (χ1v) is 9.57. The van der Waals surface area contributed by atoms with Crippen LogP contribution in [0.4, 0.5) is 4.79 Å². The van der Waals surface area contributed by atoms with Crippen molar-refractivity contribution in [3.63, 3.8) is 0 Å². The molecule has 1 heterocycles. The molecule has 0 N–H and O–H groups in total. The van der Waals surface area contributed by atoms with Gasteiger partial charge in [0.05, 0.1) is 25.7 Å². The minimum absolute atomic E-state index is 0.0629. The van der Waals surface area contributed by atoms with Crippen molar-refractivity contribution >= 4 is 11.9 Å². The van der Waals surface area contributed by atoms with E-state index < -0.39 is 11.5 Å². The maximum atomic E-state index is 12.5. The van der Waals surface area contributed by atoms with Crippen LogP contribution in [0.5, 0.6) is 11.5 Å². The van der Waals surface area contributed by atoms with Gasteiger partial charge in [0.2, 0.25) is 0 Å². The molecule has 0 radical (unpaired) electrons. The van der Waals surface area contributed by atoms with E-state index in [0.29, 0.717) is 24.6 Å². The summed E-state index contributed by atoms with van der Waals surface area (Å²) in [5.74, 6) is 1.35. The number of rotatable bonds is 5. The third-order valence-electron chi connectivity index (χ3n) is 6.11. The number of hydrogen-bond acceptors (Lipinski definition) is 5. The van der Waals surface area contributed by atoms with Crippen LogP contribution in [0, 0.1) is 5.41 Å². The predicted molar refractivity (Wildman–Crippen MR) is 101 cm³/mol. The molecule has 2 aliphatic rings. The van der Waals surface area contributed by atoms with Crippen molar-refractivity contribution in [1.29, 1.82) is 0 Å². The van der Waals surface area contributed by atoms with E-state index in [1.807, 2.05) is 25.1 Å². The predicted octanol–water partition coefficient (Wildman–Crippen LogP) is 3.78. The van der Waals surface area contributed by atoms with Gasteiger partial charge in [-0.3, -0.25) is 4.79 Å². The van der Waals surface area contributed by atoms with E-state index in [0.717, 1.165) is 18.4 Å². The maximum Gasteiger partial charge on any atom is 0.409 e. The quantitative estimate of drug-likeness (QED) is 0.784. The summed E-state index contributed by atoms with van der Waals surface area (Å²) in [5.41, 5.74) is 0.320. The number of likely N-dealkylation sites (tertiary alicyclic amines) is 1. The molecule has 0 bridgehead atoms. The van der Waals surface area contributed by atoms with Crippen molar-refractivity contribution < 1.29 is 23.8 Å². The van der Waals surface area contributed by atoms with Gasteiger partial charge in [0.1, 0.15) is 5.78 Å². The Bertz CT molecular complexity index is 713. The van der Waals surface area contributed by atoms with Gasteiger partial charge in [-0.25, -0.2) is 4.79 Å². The van der Waals surface area contributed by atoms with Crippen molar-refractivity contribution in [3.8, 4) is 11.5 Å². The van der Waals surface area contributed by atoms with Crippen molar-refractivity contribution in [2.75, 3.05) is 27.3 Å². The second-order valence-electron chi connectivity index (χ2n) is 7.81. The molecular weight excluding hydrogens is 346 g/mol. The second kappa shape index (κ2) is 7.79. The summed E-state index contributed by atoms with van der Waals surface area (Å²) in [4.78, 5) is 26.1. The molecule has 0 spiro atoms. The smallest absolute Gasteiger partial charge is 0.409 e. The van der Waals surface area contributed by atoms with Gasteiger partial charge in [-0.05, 0) is 50.3 Å². The molecule has 3 rings (SSSR count). The molecule has 27 heavy (non-hydrogen) atoms. The number of ether oxygens (including phenoxy) is 3. The highest BCUT2D eigenvalue weighted by Crippen LogP contribution is 2.45. The molecule has 1 saturated heterocycles. The summed E-state index contributed by atoms with van der Waals surface area (Å²) >= 11 is 0. The van der Waals surface area contributed by atoms with Crippen LogP contribution in [0.3, 0.4) is 0 Å². The minimum Gasteiger partial charge on any atom is -0.493 e. The van der Waals surface area contributed by atoms with Crippen LogP contribution in [0.1, 0.15) is 51.0 Å². The highest BCUT2D eigenvalue weighted by atomic mass is 16.5. The second-order valence-corrected chi connectivity index (χ2v) is 7.81. The summed E-state index contributed by atoms with van der Waals surface area (Å²) < 4.78 is 16.6. The third-order valence-corrected chi connectivity index (χ3v) is 6.11. The minimum atomic E-state index is -0.659. The first kappa shape index (κ1) is 19.5. The summed E-state index contributed by atoms with van der Waals surface area (Å²) in [6.45, 7) is 4.31. The molecule has 2 atom stereocenters. The van der Waals surface area contributed by atoms with E-state index in [2.05, 4.69) is 0 Å². The van der Waals surface area contributed by atoms with E-state index in [9.17, 15) is 9.59 Å². The number of amides is 1. The highest BCUT2D eigenvalue weighted by Gasteiger charge is 2.49. The Balaban J connectivity index is 1.92. The van der Waals surface area contributed by atoms with Gasteiger partial charge in [0, 0.05) is 19.0 Å². The van der Waals surface area contributed by atoms with Crippen molar-refractivity contribution in [1.82, 2.24) is 4.90 Å². The molecule has 2 fully saturated rings. The lowest BCUT2D eigenvalue weighted by atomic mass is 9.73. The van der Waals surface area contributed by atoms with Gasteiger partial charge < -0.3 is 19.1 Å². The first-order chi connectivity index (χ1) is 12.9. The normalized spacial score (nSPS) is 25.5. The zero-order chi connectivity index (χ0) is 19.6. The van der Waals surface area contributed by atoms with Crippen molar-refractivity contribution in [2.24, 2.45) is 5.41 Å². The summed E-state index contributed by atoms with van der Waals surface area (Å²) in [6, 6.07) is 5.83. The Morgan fingerprint density at radius 3 is 2.44 bits per heavy atom. The number of nitrogens with zero attached hydrogens (tertiary/aromatic N) is 1. The fourth-order valence-electron chi connectivity index (χ4n) is 4.28. The topological polar surface area (TPSA) is 65.1 Å². The summed E-state index contributed by atoms with van der Waals surface area (Å²) in [5, 5.41) is 0. The molecule has 6 nitrogen and oxygen atoms in total. The average molecular weight is 375 g/mol. The van der Waals surface area contributed by atoms with Gasteiger partial charge in [-0.2, -0.15) is 0 Å². The van der Waals surface area contributed by atoms with E-state index in [1.165, 1.54) is 20.0 Å². The molecule has 1 amide bonds. The maximum absolute atomic E-state index is 12.5. The Hall–Kier alpha value is -2.24. The van der Waals surface area contributed by atoms with Crippen LogP contribution in [-0.2, 0) is 9.53 Å². The lowest BCUT2D eigenvalue weighted by Crippen LogP contribution is -2.35. The number of carbonyl (C=O) groups is 2. The Labute approximate surface area is 160 Å². The van der Waals surface area contributed by atoms with Crippen LogP contribution in [0.25, 0.3) is 0 Å². The number of carbonyl (C=O) groups excluding carboxylic acids is 2. The fraction of sp³-hybridized carbons (Fsp3) is 0.619. The molecule has 0 unspecified atom stereocenters. The number of benzene rings is 1. The first-order valence-electron chi connectivity index (χ1n) is 9.57. The molecule has 1 aromatic carbocycles. The van der Waals surface area contributed by atoms with Crippen LogP contribution < -0.4 is 9.47 Å². The largest absolute Gasteiger partial charge is 0.493 e. The molecule has 6 heteroatoms. The number of Topliss-reactive ketones (excluding diaryl/α,β-unsaturated/α-hetero) is 1. The SMILES string of the molecule is COC(=O)N1C[C@@H](c2ccc(OC)c(OC3CCCC3)c2)[C@@](C)(C(C)=O)C1. The lowest BCUT2D eigenvalue weighted by Gasteiger charge is -2.28. The summed E-state index contributed by atoms with van der Waals surface area (Å²) in [7, 11) is 2.99. The number of hydrogen-bond donors (Lipinski definition) is 0. The van der Waals surface area contributed by atoms with E-state index in [1.54, 1.807) is 18.9 Å². The molecule has 148 valence electrons. The van der Waals surface area contributed by atoms with Gasteiger partial charge in [0.15, 0.2) is 11.5 Å². The van der Waals surface area contributed by atoms with Gasteiger partial charge in [-0.15, -0.1) is 0 Å². The van der Waals surface area contributed by atoms with Gasteiger partial charge in [0.25, 0.3) is 0 Å². The van der Waals surface area contributed by atoms with E-state index in [-0.39, 0.29) is 17.8 Å². The zero-order valence-electron chi connectivity index (χ0n) is 16.6. The Morgan fingerprint density at radius 2 is 1.85 bits per heavy atom. The Morgan fingerprint density at radius 1 is 1.15 bits per heavy atom. The highest BCUT2D eigenvalue weighted by molar-refractivity contribution is 5.85. The fourth-order valence-corrected chi connectivity index (χ4v) is 4.28. The van der Waals surface area contributed by atoms with Gasteiger partial charge >= 0.3 is 6.09 Å². The molecule has 1 aliphatic heterocycles. The molecule has 0 aromatic heterocycles. The third kappa shape index (κ3) is 3.75. The van der Waals surface area contributed by atoms with Crippen LogP contribution in [-0.4, -0.2) is 50.2 Å². The monoisotopic (exact) mass is 375 g/mol. The standard InChI is InChI=1S/C21H29NO5/c1-14(23)21(2)13-22(20(24)26-4)12-17(21)15-9-10-18(25-3)19(11-15)27-16-7-5-6-8-16/h9-11,16-17H,5-8,12-13H2,1-4H3/t17-,21+/m0/s1. The molecular formula is C21H29NO5. The number of methoxy groups -OCH3 is 2. The van der Waals surface area contributed by atoms with Crippen LogP contribution in [0.15, 0.2) is 18.2 Å². The molecule has 1 saturated carbocycles. The van der Waals surface area contributed by atoms with E-state index >= 15 is 0 Å². The molecule has 1 aromatic rings. The van der Waals surface area contributed by atoms with E-state index in [4.69, 9.17) is 14.2 Å². The van der Waals surface area contributed by atoms with Gasteiger partial charge in [-0.1, -0.05) is 13.0 Å². The summed E-state index contributed by atoms with van der Waals surface area (Å²) in [6.07, 6.45) is 4.29. The lowest BCUT2D eigenvalue weighted by molar-refractivity contribution is -0.125. The van der Waals surface area contributed by atoms with Crippen LogP contribution >= 0.6 is 0 Å². The zero-order valence-corrected chi connectivity index (χ0v) is 16.6.